The summed E-state index contributed by atoms with van der Waals surface area (Å²) >= 11 is 0. The molecule has 3 aromatic rings. The van der Waals surface area contributed by atoms with Crippen LogP contribution in [0, 0.1) is 5.82 Å². The van der Waals surface area contributed by atoms with Crippen molar-refractivity contribution in [3.05, 3.63) is 71.6 Å². The van der Waals surface area contributed by atoms with Crippen LogP contribution in [0.1, 0.15) is 47.4 Å². The molecule has 0 spiro atoms. The molecular formula is C24H21F4N5O4. The van der Waals surface area contributed by atoms with E-state index >= 15 is 0 Å². The van der Waals surface area contributed by atoms with Crippen molar-refractivity contribution in [3.63, 3.8) is 0 Å². The van der Waals surface area contributed by atoms with Crippen LogP contribution in [-0.4, -0.2) is 39.4 Å². The summed E-state index contributed by atoms with van der Waals surface area (Å²) in [6.07, 6.45) is -0.338. The molecule has 2 heterocycles. The number of nitrogens with zero attached hydrogens (tertiary/aromatic N) is 3. The third-order valence-electron chi connectivity index (χ3n) is 5.63. The monoisotopic (exact) mass is 519 g/mol. The van der Waals surface area contributed by atoms with Gasteiger partial charge in [-0.05, 0) is 31.9 Å². The molecule has 1 aliphatic rings. The largest absolute Gasteiger partial charge is 0.467 e. The standard InChI is InChI=1S/C24H21F4N5O4/c1-13(32-21(35)23(7-8-23)33-20(34)14-10-30-22(36-2)31-11-14)19-17(25)9-15(12-29-19)37-18-6-4-3-5-16(18)24(26,27)28/h3-6,9-13H,7-8H2,1-2H3,(H,32,35)(H,33,34)/t13-/m1/s1. The van der Waals surface area contributed by atoms with Gasteiger partial charge in [0.15, 0.2) is 5.82 Å². The number of carbonyl (C=O) groups excluding carboxylic acids is 2. The second-order valence-corrected chi connectivity index (χ2v) is 8.32. The predicted molar refractivity (Wildman–Crippen MR) is 120 cm³/mol. The Balaban J connectivity index is 1.41. The number of hydrogen-bond acceptors (Lipinski definition) is 7. The molecule has 1 saturated carbocycles. The lowest BCUT2D eigenvalue weighted by Crippen LogP contribution is -2.49. The Morgan fingerprint density at radius 1 is 1.08 bits per heavy atom. The highest BCUT2D eigenvalue weighted by atomic mass is 19.4. The minimum absolute atomic E-state index is 0.0831. The van der Waals surface area contributed by atoms with Gasteiger partial charge in [-0.15, -0.1) is 0 Å². The Labute approximate surface area is 208 Å². The van der Waals surface area contributed by atoms with Gasteiger partial charge in [-0.25, -0.2) is 14.4 Å². The summed E-state index contributed by atoms with van der Waals surface area (Å²) in [7, 11) is 1.38. The Bertz CT molecular complexity index is 1310. The number of alkyl halides is 3. The van der Waals surface area contributed by atoms with Gasteiger partial charge in [0, 0.05) is 18.5 Å². The minimum Gasteiger partial charge on any atom is -0.467 e. The first-order chi connectivity index (χ1) is 17.5. The summed E-state index contributed by atoms with van der Waals surface area (Å²) in [4.78, 5) is 37.0. The Hall–Kier alpha value is -4.29. The lowest BCUT2D eigenvalue weighted by atomic mass is 10.1. The second-order valence-electron chi connectivity index (χ2n) is 8.32. The quantitative estimate of drug-likeness (QED) is 0.433. The average Bonchev–Trinajstić information content (AvgIpc) is 3.64. The molecule has 1 fully saturated rings. The molecule has 1 aromatic carbocycles. The van der Waals surface area contributed by atoms with Crippen LogP contribution in [0.3, 0.4) is 0 Å². The number of benzene rings is 1. The van der Waals surface area contributed by atoms with E-state index in [1.807, 2.05) is 0 Å². The third kappa shape index (κ3) is 5.76. The molecule has 194 valence electrons. The number of rotatable bonds is 8. The van der Waals surface area contributed by atoms with Crippen LogP contribution < -0.4 is 20.1 Å². The van der Waals surface area contributed by atoms with Crippen molar-refractivity contribution in [1.82, 2.24) is 25.6 Å². The van der Waals surface area contributed by atoms with E-state index in [9.17, 15) is 27.2 Å². The van der Waals surface area contributed by atoms with Crippen LogP contribution in [0.15, 0.2) is 48.9 Å². The SMILES string of the molecule is COc1ncc(C(=O)NC2(C(=O)N[C@H](C)c3ncc(Oc4ccccc4C(F)(F)F)cc3F)CC2)cn1. The lowest BCUT2D eigenvalue weighted by molar-refractivity contribution is -0.138. The van der Waals surface area contributed by atoms with E-state index in [1.54, 1.807) is 0 Å². The fourth-order valence-electron chi connectivity index (χ4n) is 3.49. The highest BCUT2D eigenvalue weighted by Crippen LogP contribution is 2.39. The number of pyridine rings is 1. The first-order valence-electron chi connectivity index (χ1n) is 11.0. The summed E-state index contributed by atoms with van der Waals surface area (Å²) < 4.78 is 64.4. The van der Waals surface area contributed by atoms with Gasteiger partial charge >= 0.3 is 12.2 Å². The zero-order chi connectivity index (χ0) is 26.8. The topological polar surface area (TPSA) is 115 Å². The summed E-state index contributed by atoms with van der Waals surface area (Å²) in [6.45, 7) is 1.48. The zero-order valence-electron chi connectivity index (χ0n) is 19.6. The van der Waals surface area contributed by atoms with Crippen molar-refractivity contribution in [2.75, 3.05) is 7.11 Å². The number of methoxy groups -OCH3 is 1. The number of halogens is 4. The number of carbonyl (C=O) groups is 2. The summed E-state index contributed by atoms with van der Waals surface area (Å²) in [5.74, 6) is -2.74. The average molecular weight is 519 g/mol. The van der Waals surface area contributed by atoms with E-state index in [0.29, 0.717) is 12.8 Å². The van der Waals surface area contributed by atoms with Crippen LogP contribution in [-0.2, 0) is 11.0 Å². The van der Waals surface area contributed by atoms with Gasteiger partial charge in [0.25, 0.3) is 5.91 Å². The number of aromatic nitrogens is 3. The Morgan fingerprint density at radius 2 is 1.76 bits per heavy atom. The maximum absolute atomic E-state index is 14.8. The first kappa shape index (κ1) is 25.8. The highest BCUT2D eigenvalue weighted by molar-refractivity contribution is 6.00. The number of hydrogen-bond donors (Lipinski definition) is 2. The molecule has 0 unspecified atom stereocenters. The number of ether oxygens (including phenoxy) is 2. The number of para-hydroxylation sites is 1. The number of nitrogens with one attached hydrogen (secondary N) is 2. The van der Waals surface area contributed by atoms with Crippen LogP contribution in [0.2, 0.25) is 0 Å². The normalized spacial score (nSPS) is 14.9. The summed E-state index contributed by atoms with van der Waals surface area (Å²) in [6, 6.07) is 4.58. The van der Waals surface area contributed by atoms with Gasteiger partial charge in [-0.2, -0.15) is 13.2 Å². The van der Waals surface area contributed by atoms with Gasteiger partial charge in [0.1, 0.15) is 17.0 Å². The van der Waals surface area contributed by atoms with Crippen LogP contribution in [0.5, 0.6) is 17.5 Å². The van der Waals surface area contributed by atoms with Crippen molar-refractivity contribution in [3.8, 4) is 17.5 Å². The molecule has 13 heteroatoms. The molecule has 0 bridgehead atoms. The van der Waals surface area contributed by atoms with Gasteiger partial charge in [0.2, 0.25) is 5.91 Å². The smallest absolute Gasteiger partial charge is 0.419 e. The van der Waals surface area contributed by atoms with E-state index in [4.69, 9.17) is 9.47 Å². The molecule has 1 atom stereocenters. The first-order valence-corrected chi connectivity index (χ1v) is 11.0. The molecule has 0 radical (unpaired) electrons. The van der Waals surface area contributed by atoms with Gasteiger partial charge in [0.05, 0.1) is 36.2 Å². The van der Waals surface area contributed by atoms with Crippen LogP contribution >= 0.6 is 0 Å². The Kier molecular flexibility index (Phi) is 6.96. The molecule has 2 aromatic heterocycles. The molecule has 0 saturated heterocycles. The predicted octanol–water partition coefficient (Wildman–Crippen LogP) is 3.97. The van der Waals surface area contributed by atoms with E-state index in [1.165, 1.54) is 38.6 Å². The van der Waals surface area contributed by atoms with E-state index in [0.717, 1.165) is 24.4 Å². The van der Waals surface area contributed by atoms with E-state index in [-0.39, 0.29) is 23.0 Å². The van der Waals surface area contributed by atoms with Crippen LogP contribution in [0.4, 0.5) is 17.6 Å². The number of amides is 2. The Morgan fingerprint density at radius 3 is 2.35 bits per heavy atom. The fourth-order valence-corrected chi connectivity index (χ4v) is 3.49. The van der Waals surface area contributed by atoms with Crippen LogP contribution in [0.25, 0.3) is 0 Å². The van der Waals surface area contributed by atoms with Crippen molar-refractivity contribution < 1.29 is 36.6 Å². The van der Waals surface area contributed by atoms with Crippen molar-refractivity contribution in [2.45, 2.75) is 37.5 Å². The second kappa shape index (κ2) is 9.99. The summed E-state index contributed by atoms with van der Waals surface area (Å²) in [5, 5.41) is 5.26. The molecule has 2 N–H and O–H groups in total. The molecule has 2 amide bonds. The molecule has 0 aliphatic heterocycles. The zero-order valence-corrected chi connectivity index (χ0v) is 19.6. The summed E-state index contributed by atoms with van der Waals surface area (Å²) in [5.41, 5.74) is -2.22. The molecule has 9 nitrogen and oxygen atoms in total. The molecule has 37 heavy (non-hydrogen) atoms. The van der Waals surface area contributed by atoms with E-state index < -0.39 is 46.7 Å². The maximum atomic E-state index is 14.8. The van der Waals surface area contributed by atoms with Gasteiger partial charge in [-0.3, -0.25) is 14.6 Å². The highest BCUT2D eigenvalue weighted by Gasteiger charge is 2.51. The third-order valence-corrected chi connectivity index (χ3v) is 5.63. The van der Waals surface area contributed by atoms with Gasteiger partial charge < -0.3 is 20.1 Å². The molecule has 1 aliphatic carbocycles. The van der Waals surface area contributed by atoms with Crippen molar-refractivity contribution >= 4 is 11.8 Å². The van der Waals surface area contributed by atoms with Gasteiger partial charge in [-0.1, -0.05) is 12.1 Å². The molecule has 4 rings (SSSR count). The van der Waals surface area contributed by atoms with Crippen molar-refractivity contribution in [1.29, 1.82) is 0 Å². The minimum atomic E-state index is -4.66. The maximum Gasteiger partial charge on any atom is 0.419 e. The fraction of sp³-hybridized carbons (Fsp3) is 0.292. The van der Waals surface area contributed by atoms with Crippen molar-refractivity contribution in [2.24, 2.45) is 0 Å². The molecular weight excluding hydrogens is 498 g/mol. The lowest BCUT2D eigenvalue weighted by Gasteiger charge is -2.21. The van der Waals surface area contributed by atoms with E-state index in [2.05, 4.69) is 25.6 Å².